The van der Waals surface area contributed by atoms with Crippen LogP contribution in [0.5, 0.6) is 5.75 Å². The Morgan fingerprint density at radius 2 is 1.56 bits per heavy atom. The van der Waals surface area contributed by atoms with Crippen LogP contribution in [-0.2, 0) is 11.0 Å². The lowest BCUT2D eigenvalue weighted by Crippen LogP contribution is -2.53. The van der Waals surface area contributed by atoms with Crippen molar-refractivity contribution in [3.8, 4) is 5.75 Å². The quantitative estimate of drug-likeness (QED) is 0.338. The Labute approximate surface area is 265 Å². The number of ether oxygens (including phenoxy) is 1. The first-order valence-electron chi connectivity index (χ1n) is 16.1. The molecule has 6 nitrogen and oxygen atoms in total. The van der Waals surface area contributed by atoms with Gasteiger partial charge in [0.2, 0.25) is 5.67 Å². The summed E-state index contributed by atoms with van der Waals surface area (Å²) in [6, 6.07) is 11.8. The minimum Gasteiger partial charge on any atom is -0.497 e. The third-order valence-electron chi connectivity index (χ3n) is 10.3. The van der Waals surface area contributed by atoms with Crippen molar-refractivity contribution in [1.29, 1.82) is 0 Å². The van der Waals surface area contributed by atoms with Crippen LogP contribution in [0.15, 0.2) is 42.5 Å². The van der Waals surface area contributed by atoms with Crippen LogP contribution in [0.1, 0.15) is 75.0 Å². The summed E-state index contributed by atoms with van der Waals surface area (Å²) in [5, 5.41) is 0. The highest BCUT2D eigenvalue weighted by Gasteiger charge is 2.57. The predicted octanol–water partition coefficient (Wildman–Crippen LogP) is 6.56. The number of anilines is 1. The van der Waals surface area contributed by atoms with Crippen molar-refractivity contribution in [2.24, 2.45) is 0 Å². The zero-order valence-electron chi connectivity index (χ0n) is 27.5. The standard InChI is InChI=1S/C35H48F4N4O2/c1-33(2,3)43-22-30(25-7-10-28(45-6)11-8-25)34(36,23-43)32(44)42-17-13-24(14-18-42)29-12-9-26(35(37,38)39)21-31(29)41-19-15-27(16-20-41)40(4)5/h7-12,21,24,27,30H,13-20,22-23H2,1-6H3/t30-,34-/m0/s1. The average Bonchev–Trinajstić information content (AvgIpc) is 3.39. The van der Waals surface area contributed by atoms with E-state index in [1.807, 2.05) is 51.9 Å². The van der Waals surface area contributed by atoms with E-state index in [2.05, 4.69) is 9.80 Å². The second-order valence-corrected chi connectivity index (χ2v) is 14.3. The van der Waals surface area contributed by atoms with Gasteiger partial charge in [-0.1, -0.05) is 18.2 Å². The van der Waals surface area contributed by atoms with Crippen molar-refractivity contribution in [3.05, 3.63) is 59.2 Å². The van der Waals surface area contributed by atoms with Crippen molar-refractivity contribution in [3.63, 3.8) is 0 Å². The first-order valence-corrected chi connectivity index (χ1v) is 16.1. The summed E-state index contributed by atoms with van der Waals surface area (Å²) in [6.07, 6.45) is -1.51. The van der Waals surface area contributed by atoms with E-state index in [9.17, 15) is 18.0 Å². The molecule has 0 spiro atoms. The van der Waals surface area contributed by atoms with Gasteiger partial charge in [0.05, 0.1) is 12.7 Å². The van der Waals surface area contributed by atoms with E-state index in [1.165, 1.54) is 12.1 Å². The molecule has 2 atom stereocenters. The summed E-state index contributed by atoms with van der Waals surface area (Å²) < 4.78 is 63.8. The van der Waals surface area contributed by atoms with E-state index in [4.69, 9.17) is 4.74 Å². The number of benzene rings is 2. The highest BCUT2D eigenvalue weighted by atomic mass is 19.4. The smallest absolute Gasteiger partial charge is 0.416 e. The van der Waals surface area contributed by atoms with Crippen molar-refractivity contribution >= 4 is 11.6 Å². The second-order valence-electron chi connectivity index (χ2n) is 14.3. The van der Waals surface area contributed by atoms with Gasteiger partial charge in [0.1, 0.15) is 5.75 Å². The number of amides is 1. The van der Waals surface area contributed by atoms with Gasteiger partial charge in [-0.05, 0) is 102 Å². The van der Waals surface area contributed by atoms with E-state index in [1.54, 1.807) is 30.2 Å². The fraction of sp³-hybridized carbons (Fsp3) is 0.629. The molecule has 0 N–H and O–H groups in total. The number of nitrogens with zero attached hydrogens (tertiary/aromatic N) is 4. The summed E-state index contributed by atoms with van der Waals surface area (Å²) in [5.41, 5.74) is -0.747. The van der Waals surface area contributed by atoms with E-state index < -0.39 is 29.2 Å². The lowest BCUT2D eigenvalue weighted by Gasteiger charge is -2.40. The van der Waals surface area contributed by atoms with Crippen LogP contribution in [0.3, 0.4) is 0 Å². The molecule has 248 valence electrons. The predicted molar refractivity (Wildman–Crippen MR) is 170 cm³/mol. The Morgan fingerprint density at radius 1 is 0.933 bits per heavy atom. The summed E-state index contributed by atoms with van der Waals surface area (Å²) in [4.78, 5) is 22.0. The molecule has 5 rings (SSSR count). The van der Waals surface area contributed by atoms with Gasteiger partial charge >= 0.3 is 6.18 Å². The molecule has 2 aromatic rings. The molecule has 0 unspecified atom stereocenters. The molecule has 3 saturated heterocycles. The zero-order chi connectivity index (χ0) is 32.7. The fourth-order valence-corrected chi connectivity index (χ4v) is 7.37. The highest BCUT2D eigenvalue weighted by molar-refractivity contribution is 5.87. The minimum atomic E-state index is -4.43. The SMILES string of the molecule is COc1ccc([C@@H]2CN(C(C)(C)C)C[C@@]2(F)C(=O)N2CCC(c3ccc(C(F)(F)F)cc3N3CCC(N(C)C)CC3)CC2)cc1. The van der Waals surface area contributed by atoms with Gasteiger partial charge in [-0.2, -0.15) is 13.2 Å². The summed E-state index contributed by atoms with van der Waals surface area (Å²) in [5.74, 6) is -0.459. The van der Waals surface area contributed by atoms with Crippen LogP contribution in [0, 0.1) is 0 Å². The number of carbonyl (C=O) groups excluding carboxylic acids is 1. The monoisotopic (exact) mass is 632 g/mol. The van der Waals surface area contributed by atoms with Crippen LogP contribution in [-0.4, -0.2) is 98.3 Å². The van der Waals surface area contributed by atoms with Gasteiger partial charge in [-0.25, -0.2) is 4.39 Å². The molecule has 3 fully saturated rings. The van der Waals surface area contributed by atoms with Crippen molar-refractivity contribution in [1.82, 2.24) is 14.7 Å². The maximum absolute atomic E-state index is 17.2. The van der Waals surface area contributed by atoms with E-state index in [0.717, 1.165) is 24.0 Å². The molecule has 3 aliphatic heterocycles. The Balaban J connectivity index is 1.35. The number of alkyl halides is 4. The van der Waals surface area contributed by atoms with Gasteiger partial charge in [0.15, 0.2) is 0 Å². The fourth-order valence-electron chi connectivity index (χ4n) is 7.37. The van der Waals surface area contributed by atoms with Crippen LogP contribution < -0.4 is 9.64 Å². The molecule has 3 aliphatic rings. The molecule has 10 heteroatoms. The molecule has 0 aliphatic carbocycles. The largest absolute Gasteiger partial charge is 0.497 e. The average molecular weight is 633 g/mol. The van der Waals surface area contributed by atoms with Crippen molar-refractivity contribution in [2.75, 3.05) is 65.4 Å². The molecular weight excluding hydrogens is 584 g/mol. The van der Waals surface area contributed by atoms with Gasteiger partial charge in [0, 0.05) is 62.5 Å². The van der Waals surface area contributed by atoms with Gasteiger partial charge in [0.25, 0.3) is 5.91 Å². The normalized spacial score (nSPS) is 24.5. The summed E-state index contributed by atoms with van der Waals surface area (Å²) >= 11 is 0. The highest BCUT2D eigenvalue weighted by Crippen LogP contribution is 2.45. The first-order chi connectivity index (χ1) is 21.1. The molecule has 1 amide bonds. The zero-order valence-corrected chi connectivity index (χ0v) is 27.5. The molecule has 0 saturated carbocycles. The Kier molecular flexibility index (Phi) is 9.49. The summed E-state index contributed by atoms with van der Waals surface area (Å²) in [7, 11) is 5.66. The Bertz CT molecular complexity index is 1330. The van der Waals surface area contributed by atoms with Crippen LogP contribution in [0.25, 0.3) is 0 Å². The van der Waals surface area contributed by atoms with Gasteiger partial charge in [-0.3, -0.25) is 9.69 Å². The van der Waals surface area contributed by atoms with Crippen LogP contribution >= 0.6 is 0 Å². The van der Waals surface area contributed by atoms with E-state index in [-0.39, 0.29) is 18.0 Å². The molecule has 3 heterocycles. The number of likely N-dealkylation sites (tertiary alicyclic amines) is 2. The second kappa shape index (κ2) is 12.7. The maximum atomic E-state index is 17.2. The van der Waals surface area contributed by atoms with Crippen LogP contribution in [0.2, 0.25) is 0 Å². The first kappa shape index (κ1) is 33.5. The lowest BCUT2D eigenvalue weighted by atomic mass is 9.83. The number of hydrogen-bond acceptors (Lipinski definition) is 5. The van der Waals surface area contributed by atoms with Gasteiger partial charge < -0.3 is 19.4 Å². The number of piperidine rings is 2. The Morgan fingerprint density at radius 3 is 2.09 bits per heavy atom. The number of carbonyl (C=O) groups is 1. The Hall–Kier alpha value is -2.85. The third-order valence-corrected chi connectivity index (χ3v) is 10.3. The molecule has 2 aromatic carbocycles. The number of rotatable bonds is 6. The number of methoxy groups -OCH3 is 1. The summed E-state index contributed by atoms with van der Waals surface area (Å²) in [6.45, 7) is 8.64. The van der Waals surface area contributed by atoms with Crippen LogP contribution in [0.4, 0.5) is 23.2 Å². The van der Waals surface area contributed by atoms with Crippen molar-refractivity contribution < 1.29 is 27.1 Å². The van der Waals surface area contributed by atoms with E-state index >= 15 is 4.39 Å². The molecule has 45 heavy (non-hydrogen) atoms. The maximum Gasteiger partial charge on any atom is 0.416 e. The molecular formula is C35H48F4N4O2. The molecule has 0 bridgehead atoms. The molecule has 0 radical (unpaired) electrons. The minimum absolute atomic E-state index is 0.0118. The number of halogens is 4. The molecule has 0 aromatic heterocycles. The van der Waals surface area contributed by atoms with E-state index in [0.29, 0.717) is 63.0 Å². The lowest BCUT2D eigenvalue weighted by molar-refractivity contribution is -0.145. The van der Waals surface area contributed by atoms with Crippen molar-refractivity contribution in [2.45, 2.75) is 81.7 Å². The third kappa shape index (κ3) is 6.97. The topological polar surface area (TPSA) is 39.3 Å². The number of hydrogen-bond donors (Lipinski definition) is 0. The van der Waals surface area contributed by atoms with Gasteiger partial charge in [-0.15, -0.1) is 0 Å².